The molecule has 4 nitrogen and oxygen atoms in total. The molecule has 2 heterocycles. The fraction of sp³-hybridized carbons (Fsp3) is 0.538. The highest BCUT2D eigenvalue weighted by atomic mass is 35.5. The molecule has 1 amide bonds. The van der Waals surface area contributed by atoms with Gasteiger partial charge in [-0.05, 0) is 31.6 Å². The molecule has 0 saturated carbocycles. The van der Waals surface area contributed by atoms with E-state index in [9.17, 15) is 4.79 Å². The molecular formula is C13H18ClN3OS. The number of thioether (sulfide) groups is 1. The van der Waals surface area contributed by atoms with Gasteiger partial charge in [0.2, 0.25) is 0 Å². The molecule has 0 radical (unpaired) electrons. The second-order valence-electron chi connectivity index (χ2n) is 4.43. The average molecular weight is 300 g/mol. The molecule has 1 atom stereocenters. The van der Waals surface area contributed by atoms with Crippen LogP contribution in [0.1, 0.15) is 30.1 Å². The van der Waals surface area contributed by atoms with Crippen LogP contribution in [-0.4, -0.2) is 35.0 Å². The van der Waals surface area contributed by atoms with Crippen LogP contribution in [0.5, 0.6) is 0 Å². The first-order chi connectivity index (χ1) is 9.20. The zero-order valence-corrected chi connectivity index (χ0v) is 12.5. The van der Waals surface area contributed by atoms with E-state index < -0.39 is 0 Å². The molecule has 1 unspecified atom stereocenters. The molecule has 1 fully saturated rings. The van der Waals surface area contributed by atoms with Crippen LogP contribution in [0.4, 0.5) is 5.82 Å². The number of carbonyl (C=O) groups excluding carboxylic acids is 1. The van der Waals surface area contributed by atoms with Crippen LogP contribution in [0.2, 0.25) is 5.02 Å². The summed E-state index contributed by atoms with van der Waals surface area (Å²) >= 11 is 8.00. The average Bonchev–Trinajstić information content (AvgIpc) is 2.91. The second kappa shape index (κ2) is 7.01. The number of halogens is 1. The lowest BCUT2D eigenvalue weighted by Crippen LogP contribution is -2.29. The zero-order chi connectivity index (χ0) is 13.7. The summed E-state index contributed by atoms with van der Waals surface area (Å²) in [4.78, 5) is 16.1. The van der Waals surface area contributed by atoms with E-state index in [4.69, 9.17) is 11.6 Å². The molecule has 0 aromatic carbocycles. The third kappa shape index (κ3) is 4.01. The molecule has 0 bridgehead atoms. The van der Waals surface area contributed by atoms with Gasteiger partial charge in [0, 0.05) is 24.5 Å². The Morgan fingerprint density at radius 2 is 2.47 bits per heavy atom. The zero-order valence-electron chi connectivity index (χ0n) is 10.9. The molecule has 2 N–H and O–H groups in total. The van der Waals surface area contributed by atoms with Crippen molar-refractivity contribution in [2.75, 3.05) is 24.2 Å². The van der Waals surface area contributed by atoms with Gasteiger partial charge in [-0.3, -0.25) is 4.79 Å². The number of anilines is 1. The summed E-state index contributed by atoms with van der Waals surface area (Å²) in [5, 5.41) is 7.01. The van der Waals surface area contributed by atoms with Crippen molar-refractivity contribution in [1.82, 2.24) is 10.3 Å². The standard InChI is InChI=1S/C13H18ClN3OS/c1-2-15-12-11(14)6-9(7-16-12)13(18)17-8-10-4-3-5-19-10/h6-7,10H,2-5,8H2,1H3,(H,15,16)(H,17,18). The first kappa shape index (κ1) is 14.5. The van der Waals surface area contributed by atoms with E-state index in [1.165, 1.54) is 18.6 Å². The van der Waals surface area contributed by atoms with Crippen LogP contribution in [0, 0.1) is 0 Å². The lowest BCUT2D eigenvalue weighted by Gasteiger charge is -2.11. The van der Waals surface area contributed by atoms with Gasteiger partial charge in [-0.1, -0.05) is 11.6 Å². The maximum atomic E-state index is 12.0. The predicted molar refractivity (Wildman–Crippen MR) is 81.2 cm³/mol. The van der Waals surface area contributed by atoms with Gasteiger partial charge in [0.1, 0.15) is 5.82 Å². The molecule has 2 rings (SSSR count). The van der Waals surface area contributed by atoms with Gasteiger partial charge >= 0.3 is 0 Å². The molecule has 6 heteroatoms. The normalized spacial score (nSPS) is 18.3. The predicted octanol–water partition coefficient (Wildman–Crippen LogP) is 2.79. The molecule has 1 aromatic rings. The Hall–Kier alpha value is -0.940. The number of nitrogens with zero attached hydrogens (tertiary/aromatic N) is 1. The van der Waals surface area contributed by atoms with Crippen molar-refractivity contribution in [3.05, 3.63) is 22.8 Å². The minimum absolute atomic E-state index is 0.107. The fourth-order valence-corrected chi connectivity index (χ4v) is 3.41. The Labute approximate surface area is 122 Å². The van der Waals surface area contributed by atoms with Crippen LogP contribution >= 0.6 is 23.4 Å². The van der Waals surface area contributed by atoms with Gasteiger partial charge in [0.15, 0.2) is 0 Å². The Kier molecular flexibility index (Phi) is 5.34. The third-order valence-electron chi connectivity index (χ3n) is 2.96. The summed E-state index contributed by atoms with van der Waals surface area (Å²) in [7, 11) is 0. The van der Waals surface area contributed by atoms with E-state index in [0.717, 1.165) is 13.1 Å². The molecule has 0 spiro atoms. The monoisotopic (exact) mass is 299 g/mol. The quantitative estimate of drug-likeness (QED) is 0.878. The number of aromatic nitrogens is 1. The molecular weight excluding hydrogens is 282 g/mol. The van der Waals surface area contributed by atoms with Gasteiger partial charge in [-0.15, -0.1) is 0 Å². The first-order valence-electron chi connectivity index (χ1n) is 6.50. The molecule has 0 aliphatic carbocycles. The van der Waals surface area contributed by atoms with Gasteiger partial charge in [-0.25, -0.2) is 4.98 Å². The maximum Gasteiger partial charge on any atom is 0.252 e. The second-order valence-corrected chi connectivity index (χ2v) is 6.25. The van der Waals surface area contributed by atoms with Crippen molar-refractivity contribution >= 4 is 35.1 Å². The van der Waals surface area contributed by atoms with Crippen LogP contribution in [0.15, 0.2) is 12.3 Å². The highest BCUT2D eigenvalue weighted by Gasteiger charge is 2.17. The Balaban J connectivity index is 1.92. The summed E-state index contributed by atoms with van der Waals surface area (Å²) in [5.41, 5.74) is 0.509. The minimum atomic E-state index is -0.107. The third-order valence-corrected chi connectivity index (χ3v) is 4.65. The van der Waals surface area contributed by atoms with Crippen molar-refractivity contribution in [3.8, 4) is 0 Å². The molecule has 1 aliphatic heterocycles. The van der Waals surface area contributed by atoms with E-state index in [1.807, 2.05) is 18.7 Å². The number of carbonyl (C=O) groups is 1. The number of hydrogen-bond acceptors (Lipinski definition) is 4. The molecule has 1 saturated heterocycles. The van der Waals surface area contributed by atoms with Crippen LogP contribution < -0.4 is 10.6 Å². The van der Waals surface area contributed by atoms with Gasteiger partial charge in [-0.2, -0.15) is 11.8 Å². The van der Waals surface area contributed by atoms with Crippen LogP contribution in [-0.2, 0) is 0 Å². The lowest BCUT2D eigenvalue weighted by molar-refractivity contribution is 0.0953. The topological polar surface area (TPSA) is 54.0 Å². The van der Waals surface area contributed by atoms with E-state index >= 15 is 0 Å². The highest BCUT2D eigenvalue weighted by molar-refractivity contribution is 8.00. The minimum Gasteiger partial charge on any atom is -0.369 e. The van der Waals surface area contributed by atoms with Crippen molar-refractivity contribution < 1.29 is 4.79 Å². The Morgan fingerprint density at radius 3 is 3.11 bits per heavy atom. The SMILES string of the molecule is CCNc1ncc(C(=O)NCC2CCCS2)cc1Cl. The first-order valence-corrected chi connectivity index (χ1v) is 7.92. The van der Waals surface area contributed by atoms with Gasteiger partial charge < -0.3 is 10.6 Å². The summed E-state index contributed by atoms with van der Waals surface area (Å²) in [5.74, 6) is 1.71. The molecule has 19 heavy (non-hydrogen) atoms. The van der Waals surface area contributed by atoms with Crippen molar-refractivity contribution in [2.24, 2.45) is 0 Å². The van der Waals surface area contributed by atoms with Crippen LogP contribution in [0.3, 0.4) is 0 Å². The Morgan fingerprint density at radius 1 is 1.63 bits per heavy atom. The van der Waals surface area contributed by atoms with E-state index in [2.05, 4.69) is 15.6 Å². The fourth-order valence-electron chi connectivity index (χ4n) is 1.97. The molecule has 1 aromatic heterocycles. The summed E-state index contributed by atoms with van der Waals surface area (Å²) < 4.78 is 0. The summed E-state index contributed by atoms with van der Waals surface area (Å²) in [6.45, 7) is 3.44. The van der Waals surface area contributed by atoms with Crippen molar-refractivity contribution in [2.45, 2.75) is 25.0 Å². The van der Waals surface area contributed by atoms with E-state index in [1.54, 1.807) is 12.3 Å². The number of hydrogen-bond donors (Lipinski definition) is 2. The van der Waals surface area contributed by atoms with Gasteiger partial charge in [0.05, 0.1) is 10.6 Å². The van der Waals surface area contributed by atoms with E-state index in [0.29, 0.717) is 21.7 Å². The molecule has 104 valence electrons. The Bertz CT molecular complexity index is 450. The van der Waals surface area contributed by atoms with Gasteiger partial charge in [0.25, 0.3) is 5.91 Å². The van der Waals surface area contributed by atoms with Crippen molar-refractivity contribution in [1.29, 1.82) is 0 Å². The highest BCUT2D eigenvalue weighted by Crippen LogP contribution is 2.25. The molecule has 1 aliphatic rings. The largest absolute Gasteiger partial charge is 0.369 e. The van der Waals surface area contributed by atoms with E-state index in [-0.39, 0.29) is 5.91 Å². The van der Waals surface area contributed by atoms with Crippen molar-refractivity contribution in [3.63, 3.8) is 0 Å². The summed E-state index contributed by atoms with van der Waals surface area (Å²) in [6.07, 6.45) is 3.99. The summed E-state index contributed by atoms with van der Waals surface area (Å²) in [6, 6.07) is 1.66. The number of rotatable bonds is 5. The number of nitrogens with one attached hydrogen (secondary N) is 2. The number of amides is 1. The number of pyridine rings is 1. The lowest BCUT2D eigenvalue weighted by atomic mass is 10.2. The maximum absolute atomic E-state index is 12.0. The smallest absolute Gasteiger partial charge is 0.252 e. The van der Waals surface area contributed by atoms with Crippen LogP contribution in [0.25, 0.3) is 0 Å².